The van der Waals surface area contributed by atoms with Crippen molar-refractivity contribution >= 4 is 5.97 Å². The minimum atomic E-state index is -4.44. The predicted molar refractivity (Wildman–Crippen MR) is 100 cm³/mol. The van der Waals surface area contributed by atoms with E-state index in [9.17, 15) is 23.1 Å². The number of nitrogens with zero attached hydrogens (tertiary/aromatic N) is 1. The normalized spacial score (nSPS) is 18.4. The van der Waals surface area contributed by atoms with E-state index in [1.165, 1.54) is 26.4 Å². The summed E-state index contributed by atoms with van der Waals surface area (Å²) in [5.74, 6) is 0.0338. The van der Waals surface area contributed by atoms with Gasteiger partial charge in [0, 0.05) is 6.54 Å². The maximum atomic E-state index is 13.0. The average Bonchev–Trinajstić information content (AvgIpc) is 3.17. The van der Waals surface area contributed by atoms with Gasteiger partial charge in [0.15, 0.2) is 11.5 Å². The molecule has 8 heteroatoms. The summed E-state index contributed by atoms with van der Waals surface area (Å²) in [4.78, 5) is 13.6. The molecule has 1 aliphatic rings. The van der Waals surface area contributed by atoms with Crippen LogP contribution in [0.15, 0.2) is 42.5 Å². The van der Waals surface area contributed by atoms with Crippen molar-refractivity contribution in [1.29, 1.82) is 0 Å². The molecule has 1 heterocycles. The Balaban J connectivity index is 2.09. The maximum Gasteiger partial charge on any atom is 0.416 e. The van der Waals surface area contributed by atoms with E-state index >= 15 is 0 Å². The molecule has 29 heavy (non-hydrogen) atoms. The van der Waals surface area contributed by atoms with Gasteiger partial charge >= 0.3 is 12.1 Å². The number of likely N-dealkylation sites (tertiary alicyclic amines) is 1. The van der Waals surface area contributed by atoms with Gasteiger partial charge in [-0.15, -0.1) is 0 Å². The van der Waals surface area contributed by atoms with Crippen LogP contribution < -0.4 is 9.47 Å². The zero-order valence-electron chi connectivity index (χ0n) is 16.1. The number of carboxylic acid groups (broad SMARTS) is 1. The molecule has 0 amide bonds. The molecule has 0 aliphatic carbocycles. The standard InChI is InChI=1S/C21H22F3NO4/c1-28-17-10-7-14(12-18(17)29-2)19(25-11-3-4-16(25)20(26)27)13-5-8-15(9-6-13)21(22,23)24/h5-10,12,16,19H,3-4,11H2,1-2H3,(H,26,27). The molecular weight excluding hydrogens is 387 g/mol. The Morgan fingerprint density at radius 1 is 1.07 bits per heavy atom. The van der Waals surface area contributed by atoms with Crippen molar-refractivity contribution in [2.24, 2.45) is 0 Å². The summed E-state index contributed by atoms with van der Waals surface area (Å²) in [7, 11) is 3.00. The first-order valence-electron chi connectivity index (χ1n) is 9.14. The van der Waals surface area contributed by atoms with Gasteiger partial charge in [-0.2, -0.15) is 13.2 Å². The molecule has 1 fully saturated rings. The van der Waals surface area contributed by atoms with E-state index in [1.807, 2.05) is 4.90 Å². The number of rotatable bonds is 6. The second-order valence-electron chi connectivity index (χ2n) is 6.87. The molecule has 0 bridgehead atoms. The minimum absolute atomic E-state index is 0.466. The van der Waals surface area contributed by atoms with Crippen molar-refractivity contribution in [2.45, 2.75) is 31.1 Å². The molecule has 3 rings (SSSR count). The highest BCUT2D eigenvalue weighted by Gasteiger charge is 2.37. The summed E-state index contributed by atoms with van der Waals surface area (Å²) in [6.45, 7) is 0.525. The second-order valence-corrected chi connectivity index (χ2v) is 6.87. The first kappa shape index (κ1) is 21.0. The first-order valence-corrected chi connectivity index (χ1v) is 9.14. The van der Waals surface area contributed by atoms with E-state index in [2.05, 4.69) is 0 Å². The van der Waals surface area contributed by atoms with E-state index in [-0.39, 0.29) is 0 Å². The number of halogens is 3. The molecule has 1 aliphatic heterocycles. The Labute approximate surface area is 166 Å². The van der Waals surface area contributed by atoms with Gasteiger partial charge in [0.2, 0.25) is 0 Å². The van der Waals surface area contributed by atoms with Crippen LogP contribution in [-0.4, -0.2) is 42.8 Å². The first-order chi connectivity index (χ1) is 13.8. The summed E-state index contributed by atoms with van der Waals surface area (Å²) >= 11 is 0. The SMILES string of the molecule is COc1ccc(C(c2ccc(C(F)(F)F)cc2)N2CCCC2C(=O)O)cc1OC. The highest BCUT2D eigenvalue weighted by Crippen LogP contribution is 2.39. The van der Waals surface area contributed by atoms with Crippen molar-refractivity contribution in [3.63, 3.8) is 0 Å². The number of aliphatic carboxylic acids is 1. The Kier molecular flexibility index (Phi) is 6.02. The lowest BCUT2D eigenvalue weighted by molar-refractivity contribution is -0.142. The summed E-state index contributed by atoms with van der Waals surface area (Å²) < 4.78 is 49.5. The van der Waals surface area contributed by atoms with Crippen LogP contribution >= 0.6 is 0 Å². The van der Waals surface area contributed by atoms with E-state index in [0.29, 0.717) is 36.4 Å². The molecule has 2 unspecified atom stereocenters. The van der Waals surface area contributed by atoms with Crippen molar-refractivity contribution in [1.82, 2.24) is 4.90 Å². The van der Waals surface area contributed by atoms with Crippen LogP contribution in [-0.2, 0) is 11.0 Å². The van der Waals surface area contributed by atoms with Crippen LogP contribution in [0.1, 0.15) is 35.6 Å². The number of hydrogen-bond donors (Lipinski definition) is 1. The topological polar surface area (TPSA) is 59.0 Å². The predicted octanol–water partition coefficient (Wildman–Crippen LogP) is 4.36. The van der Waals surface area contributed by atoms with Crippen molar-refractivity contribution in [3.05, 3.63) is 59.2 Å². The summed E-state index contributed by atoms with van der Waals surface area (Å²) in [6, 6.07) is 8.83. The third-order valence-electron chi connectivity index (χ3n) is 5.19. The number of carbonyl (C=O) groups is 1. The van der Waals surface area contributed by atoms with Gasteiger partial charge in [0.1, 0.15) is 6.04 Å². The third kappa shape index (κ3) is 4.32. The van der Waals surface area contributed by atoms with Crippen LogP contribution in [0.5, 0.6) is 11.5 Å². The largest absolute Gasteiger partial charge is 0.493 e. The summed E-state index contributed by atoms with van der Waals surface area (Å²) in [6.07, 6.45) is -3.25. The number of ether oxygens (including phenoxy) is 2. The van der Waals surface area contributed by atoms with Gasteiger partial charge in [-0.05, 0) is 48.2 Å². The van der Waals surface area contributed by atoms with E-state index in [4.69, 9.17) is 9.47 Å². The van der Waals surface area contributed by atoms with Crippen LogP contribution in [0.2, 0.25) is 0 Å². The van der Waals surface area contributed by atoms with Gasteiger partial charge in [0.25, 0.3) is 0 Å². The summed E-state index contributed by atoms with van der Waals surface area (Å²) in [5, 5.41) is 9.62. The Bertz CT molecular complexity index is 867. The molecule has 0 radical (unpaired) electrons. The van der Waals surface area contributed by atoms with E-state index in [1.54, 1.807) is 18.2 Å². The molecule has 5 nitrogen and oxygen atoms in total. The number of alkyl halides is 3. The lowest BCUT2D eigenvalue weighted by atomic mass is 9.95. The molecule has 156 valence electrons. The Morgan fingerprint density at radius 2 is 1.69 bits per heavy atom. The molecule has 1 saturated heterocycles. The number of methoxy groups -OCH3 is 2. The Morgan fingerprint density at radius 3 is 2.24 bits per heavy atom. The number of benzene rings is 2. The van der Waals surface area contributed by atoms with Gasteiger partial charge in [-0.3, -0.25) is 9.69 Å². The molecule has 2 atom stereocenters. The van der Waals surface area contributed by atoms with Crippen LogP contribution in [0, 0.1) is 0 Å². The monoisotopic (exact) mass is 409 g/mol. The molecule has 0 aromatic heterocycles. The summed E-state index contributed by atoms with van der Waals surface area (Å²) in [5.41, 5.74) is 0.553. The zero-order chi connectivity index (χ0) is 21.2. The smallest absolute Gasteiger partial charge is 0.416 e. The van der Waals surface area contributed by atoms with E-state index in [0.717, 1.165) is 17.7 Å². The minimum Gasteiger partial charge on any atom is -0.493 e. The molecule has 0 spiro atoms. The van der Waals surface area contributed by atoms with Crippen molar-refractivity contribution in [2.75, 3.05) is 20.8 Å². The van der Waals surface area contributed by atoms with Gasteiger partial charge in [-0.1, -0.05) is 18.2 Å². The lowest BCUT2D eigenvalue weighted by Crippen LogP contribution is -2.39. The molecular formula is C21H22F3NO4. The van der Waals surface area contributed by atoms with Gasteiger partial charge < -0.3 is 14.6 Å². The van der Waals surface area contributed by atoms with Crippen LogP contribution in [0.3, 0.4) is 0 Å². The average molecular weight is 409 g/mol. The zero-order valence-corrected chi connectivity index (χ0v) is 16.1. The third-order valence-corrected chi connectivity index (χ3v) is 5.19. The molecule has 2 aromatic carbocycles. The highest BCUT2D eigenvalue weighted by atomic mass is 19.4. The molecule has 1 N–H and O–H groups in total. The lowest BCUT2D eigenvalue weighted by Gasteiger charge is -2.32. The van der Waals surface area contributed by atoms with Gasteiger partial charge in [0.05, 0.1) is 25.8 Å². The van der Waals surface area contributed by atoms with Crippen LogP contribution in [0.4, 0.5) is 13.2 Å². The molecule has 2 aromatic rings. The van der Waals surface area contributed by atoms with Crippen molar-refractivity contribution < 1.29 is 32.5 Å². The van der Waals surface area contributed by atoms with E-state index < -0.39 is 29.8 Å². The maximum absolute atomic E-state index is 13.0. The fourth-order valence-corrected chi connectivity index (χ4v) is 3.82. The van der Waals surface area contributed by atoms with Gasteiger partial charge in [-0.25, -0.2) is 0 Å². The van der Waals surface area contributed by atoms with Crippen LogP contribution in [0.25, 0.3) is 0 Å². The molecule has 0 saturated carbocycles. The number of carboxylic acids is 1. The Hall–Kier alpha value is -2.74. The fraction of sp³-hybridized carbons (Fsp3) is 0.381. The number of hydrogen-bond acceptors (Lipinski definition) is 4. The second kappa shape index (κ2) is 8.32. The quantitative estimate of drug-likeness (QED) is 0.768. The van der Waals surface area contributed by atoms with Crippen molar-refractivity contribution in [3.8, 4) is 11.5 Å². The highest BCUT2D eigenvalue weighted by molar-refractivity contribution is 5.74. The fourth-order valence-electron chi connectivity index (χ4n) is 3.82.